The molecule has 0 atom stereocenters. The van der Waals surface area contributed by atoms with Crippen LogP contribution in [0.2, 0.25) is 0 Å². The van der Waals surface area contributed by atoms with E-state index in [1.807, 2.05) is 18.2 Å². The van der Waals surface area contributed by atoms with Gasteiger partial charge >= 0.3 is 0 Å². The van der Waals surface area contributed by atoms with Crippen LogP contribution in [0.5, 0.6) is 11.5 Å². The highest BCUT2D eigenvalue weighted by molar-refractivity contribution is 5.44. The van der Waals surface area contributed by atoms with Gasteiger partial charge in [0.25, 0.3) is 0 Å². The molecular weight excluding hydrogens is 178 g/mol. The fraction of sp³-hybridized carbons (Fsp3) is 0.455. The van der Waals surface area contributed by atoms with Crippen LogP contribution in [0.4, 0.5) is 0 Å². The lowest BCUT2D eigenvalue weighted by atomic mass is 10.2. The molecule has 0 unspecified atom stereocenters. The Hall–Kier alpha value is -1.22. The summed E-state index contributed by atoms with van der Waals surface area (Å²) in [7, 11) is 0. The van der Waals surface area contributed by atoms with Gasteiger partial charge in [-0.1, -0.05) is 25.3 Å². The third-order valence-corrected chi connectivity index (χ3v) is 2.03. The molecule has 2 N–H and O–H groups in total. The molecule has 0 amide bonds. The molecule has 0 saturated heterocycles. The van der Waals surface area contributed by atoms with Gasteiger partial charge in [-0.2, -0.15) is 0 Å². The van der Waals surface area contributed by atoms with Crippen molar-refractivity contribution in [1.82, 2.24) is 0 Å². The van der Waals surface area contributed by atoms with E-state index in [4.69, 9.17) is 15.2 Å². The van der Waals surface area contributed by atoms with E-state index >= 15 is 0 Å². The predicted octanol–water partition coefficient (Wildman–Crippen LogP) is 2.04. The summed E-state index contributed by atoms with van der Waals surface area (Å²) in [6.07, 6.45) is 4.50. The Balaban J connectivity index is 0.000000214. The third-order valence-electron chi connectivity index (χ3n) is 2.03. The van der Waals surface area contributed by atoms with Crippen molar-refractivity contribution in [3.63, 3.8) is 0 Å². The molecule has 0 spiro atoms. The highest BCUT2D eigenvalue weighted by Crippen LogP contribution is 2.32. The largest absolute Gasteiger partial charge is 0.454 e. The second-order valence-electron chi connectivity index (χ2n) is 3.45. The van der Waals surface area contributed by atoms with Crippen molar-refractivity contribution in [1.29, 1.82) is 0 Å². The van der Waals surface area contributed by atoms with Crippen LogP contribution < -0.4 is 15.2 Å². The fourth-order valence-corrected chi connectivity index (χ4v) is 1.07. The fourth-order valence-electron chi connectivity index (χ4n) is 1.07. The Bertz CT molecular complexity index is 307. The highest BCUT2D eigenvalue weighted by atomic mass is 16.7. The summed E-state index contributed by atoms with van der Waals surface area (Å²) in [5.41, 5.74) is 6.51. The minimum atomic E-state index is 0.323. The lowest BCUT2D eigenvalue weighted by Gasteiger charge is -1.97. The van der Waals surface area contributed by atoms with E-state index < -0.39 is 0 Å². The summed E-state index contributed by atoms with van der Waals surface area (Å²) >= 11 is 0. The Morgan fingerprint density at radius 2 is 1.79 bits per heavy atom. The first-order valence-corrected chi connectivity index (χ1v) is 4.99. The minimum absolute atomic E-state index is 0.323. The predicted molar refractivity (Wildman–Crippen MR) is 54.3 cm³/mol. The van der Waals surface area contributed by atoms with Gasteiger partial charge in [0, 0.05) is 6.54 Å². The maximum Gasteiger partial charge on any atom is 0.231 e. The molecule has 76 valence electrons. The van der Waals surface area contributed by atoms with E-state index in [1.165, 1.54) is 19.3 Å². The van der Waals surface area contributed by atoms with E-state index in [0.29, 0.717) is 13.3 Å². The quantitative estimate of drug-likeness (QED) is 0.742. The van der Waals surface area contributed by atoms with E-state index in [1.54, 1.807) is 0 Å². The lowest BCUT2D eigenvalue weighted by Crippen LogP contribution is -1.95. The van der Waals surface area contributed by atoms with Crippen molar-refractivity contribution >= 4 is 0 Å². The lowest BCUT2D eigenvalue weighted by molar-refractivity contribution is 0.174. The summed E-state index contributed by atoms with van der Waals surface area (Å²) in [6.45, 7) is 0.861. The van der Waals surface area contributed by atoms with Crippen LogP contribution in [0.1, 0.15) is 24.8 Å². The number of rotatable bonds is 1. The molecule has 3 rings (SSSR count). The van der Waals surface area contributed by atoms with Gasteiger partial charge in [0.2, 0.25) is 6.79 Å². The Kier molecular flexibility index (Phi) is 2.89. The van der Waals surface area contributed by atoms with Crippen molar-refractivity contribution < 1.29 is 9.47 Å². The highest BCUT2D eigenvalue weighted by Gasteiger charge is 2.11. The first-order chi connectivity index (χ1) is 6.90. The first kappa shape index (κ1) is 9.34. The molecule has 3 nitrogen and oxygen atoms in total. The van der Waals surface area contributed by atoms with Crippen molar-refractivity contribution in [2.24, 2.45) is 5.73 Å². The standard InChI is InChI=1S/C8H9NO2.C3H6/c9-4-6-1-2-7-8(3-6)11-5-10-7;1-2-3-1/h1-3H,4-5,9H2;1-3H2. The monoisotopic (exact) mass is 193 g/mol. The maximum atomic E-state index is 5.45. The molecule has 0 bridgehead atoms. The molecule has 14 heavy (non-hydrogen) atoms. The second-order valence-corrected chi connectivity index (χ2v) is 3.45. The molecule has 1 aromatic carbocycles. The molecule has 3 heteroatoms. The number of fused-ring (bicyclic) bond motifs is 1. The van der Waals surface area contributed by atoms with Crippen molar-refractivity contribution in [3.8, 4) is 11.5 Å². The molecule has 1 fully saturated rings. The van der Waals surface area contributed by atoms with E-state index in [9.17, 15) is 0 Å². The van der Waals surface area contributed by atoms with E-state index in [0.717, 1.165) is 17.1 Å². The minimum Gasteiger partial charge on any atom is -0.454 e. The Labute approximate surface area is 83.8 Å². The zero-order valence-corrected chi connectivity index (χ0v) is 8.16. The molecule has 1 aromatic rings. The van der Waals surface area contributed by atoms with Crippen molar-refractivity contribution in [2.75, 3.05) is 6.79 Å². The van der Waals surface area contributed by atoms with Crippen LogP contribution >= 0.6 is 0 Å². The second kappa shape index (κ2) is 4.33. The SMILES string of the molecule is C1CC1.NCc1ccc2c(c1)OCO2. The Morgan fingerprint density at radius 3 is 2.43 bits per heavy atom. The topological polar surface area (TPSA) is 44.5 Å². The molecule has 1 aliphatic heterocycles. The van der Waals surface area contributed by atoms with Gasteiger partial charge in [0.05, 0.1) is 0 Å². The van der Waals surface area contributed by atoms with E-state index in [-0.39, 0.29) is 0 Å². The maximum absolute atomic E-state index is 5.45. The molecule has 1 saturated carbocycles. The van der Waals surface area contributed by atoms with Crippen molar-refractivity contribution in [3.05, 3.63) is 23.8 Å². The van der Waals surface area contributed by atoms with Crippen LogP contribution in [0.15, 0.2) is 18.2 Å². The van der Waals surface area contributed by atoms with Crippen LogP contribution in [0, 0.1) is 0 Å². The van der Waals surface area contributed by atoms with Crippen molar-refractivity contribution in [2.45, 2.75) is 25.8 Å². The zero-order valence-electron chi connectivity index (χ0n) is 8.16. The Morgan fingerprint density at radius 1 is 1.07 bits per heavy atom. The average molecular weight is 193 g/mol. The van der Waals surface area contributed by atoms with Gasteiger partial charge in [-0.3, -0.25) is 0 Å². The van der Waals surface area contributed by atoms with Crippen LogP contribution in [-0.2, 0) is 6.54 Å². The number of hydrogen-bond donors (Lipinski definition) is 1. The summed E-state index contributed by atoms with van der Waals surface area (Å²) in [6, 6.07) is 5.72. The van der Waals surface area contributed by atoms with Crippen LogP contribution in [-0.4, -0.2) is 6.79 Å². The summed E-state index contributed by atoms with van der Waals surface area (Å²) in [5.74, 6) is 1.61. The smallest absolute Gasteiger partial charge is 0.231 e. The summed E-state index contributed by atoms with van der Waals surface area (Å²) < 4.78 is 10.3. The van der Waals surface area contributed by atoms with Gasteiger partial charge < -0.3 is 15.2 Å². The summed E-state index contributed by atoms with van der Waals surface area (Å²) in [4.78, 5) is 0. The molecule has 0 aromatic heterocycles. The molecule has 1 aliphatic carbocycles. The molecule has 1 heterocycles. The number of ether oxygens (including phenoxy) is 2. The average Bonchev–Trinajstić information content (AvgIpc) is 3.03. The number of benzene rings is 1. The van der Waals surface area contributed by atoms with Crippen LogP contribution in [0.3, 0.4) is 0 Å². The molecule has 2 aliphatic rings. The first-order valence-electron chi connectivity index (χ1n) is 4.99. The normalized spacial score (nSPS) is 15.8. The third kappa shape index (κ3) is 2.39. The van der Waals surface area contributed by atoms with Gasteiger partial charge in [-0.05, 0) is 17.7 Å². The zero-order chi connectivity index (χ0) is 9.80. The molecular formula is C11H15NO2. The summed E-state index contributed by atoms with van der Waals surface area (Å²) in [5, 5.41) is 0. The van der Waals surface area contributed by atoms with Gasteiger partial charge in [-0.15, -0.1) is 0 Å². The van der Waals surface area contributed by atoms with Crippen LogP contribution in [0.25, 0.3) is 0 Å². The van der Waals surface area contributed by atoms with Gasteiger partial charge in [-0.25, -0.2) is 0 Å². The number of hydrogen-bond acceptors (Lipinski definition) is 3. The van der Waals surface area contributed by atoms with Gasteiger partial charge in [0.15, 0.2) is 11.5 Å². The number of nitrogens with two attached hydrogens (primary N) is 1. The van der Waals surface area contributed by atoms with E-state index in [2.05, 4.69) is 0 Å². The molecule has 0 radical (unpaired) electrons. The van der Waals surface area contributed by atoms with Gasteiger partial charge in [0.1, 0.15) is 0 Å².